The number of piperidine rings is 1. The standard InChI is InChI=1S/C30H32ClF3N6O3/c31-24-13-19-5-6-20(28(42)39(17-30(32,33)34)16-23(19)22-15-35-37-27(22)24)14-26(41)38-10-8-21(9-11-38)40-12-7-18-3-1-2-4-25(18)36-29(40)43/h1-4,13,15,20-21H,5-12,14,16-17H2,(H,35,37)(H,36,43)/t20-/m0/s1. The number of fused-ring (bicyclic) bond motifs is 4. The Morgan fingerprint density at radius 2 is 1.81 bits per heavy atom. The van der Waals surface area contributed by atoms with Crippen molar-refractivity contribution in [2.75, 3.05) is 31.5 Å². The summed E-state index contributed by atoms with van der Waals surface area (Å²) in [5.74, 6) is -1.84. The number of nitrogens with one attached hydrogen (secondary N) is 2. The third-order valence-corrected chi connectivity index (χ3v) is 9.15. The number of urea groups is 1. The second-order valence-corrected chi connectivity index (χ2v) is 12.0. The summed E-state index contributed by atoms with van der Waals surface area (Å²) < 4.78 is 40.8. The minimum Gasteiger partial charge on any atom is -0.343 e. The zero-order valence-corrected chi connectivity index (χ0v) is 24.2. The number of rotatable bonds is 4. The lowest BCUT2D eigenvalue weighted by molar-refractivity contribution is -0.166. The predicted octanol–water partition coefficient (Wildman–Crippen LogP) is 5.14. The number of halogens is 4. The van der Waals surface area contributed by atoms with E-state index in [1.54, 1.807) is 11.0 Å². The van der Waals surface area contributed by atoms with E-state index >= 15 is 0 Å². The molecule has 0 bridgehead atoms. The highest BCUT2D eigenvalue weighted by Gasteiger charge is 2.39. The maximum absolute atomic E-state index is 13.6. The quantitative estimate of drug-likeness (QED) is 0.424. The average molecular weight is 617 g/mol. The topological polar surface area (TPSA) is 102 Å². The average Bonchev–Trinajstić information content (AvgIpc) is 3.40. The van der Waals surface area contributed by atoms with E-state index < -0.39 is 24.5 Å². The third-order valence-electron chi connectivity index (χ3n) is 8.85. The highest BCUT2D eigenvalue weighted by Crippen LogP contribution is 2.34. The van der Waals surface area contributed by atoms with Crippen LogP contribution in [0.2, 0.25) is 5.02 Å². The van der Waals surface area contributed by atoms with Crippen molar-refractivity contribution < 1.29 is 27.6 Å². The van der Waals surface area contributed by atoms with Crippen LogP contribution in [0.1, 0.15) is 42.4 Å². The number of alkyl halides is 3. The lowest BCUT2D eigenvalue weighted by atomic mass is 9.88. The molecule has 2 aromatic carbocycles. The summed E-state index contributed by atoms with van der Waals surface area (Å²) in [4.78, 5) is 44.2. The number of anilines is 1. The molecule has 228 valence electrons. The highest BCUT2D eigenvalue weighted by molar-refractivity contribution is 6.35. The minimum absolute atomic E-state index is 0.0373. The molecule has 4 amide bonds. The molecule has 0 spiro atoms. The predicted molar refractivity (Wildman–Crippen MR) is 154 cm³/mol. The Bertz CT molecular complexity index is 1550. The van der Waals surface area contributed by atoms with Gasteiger partial charge in [-0.2, -0.15) is 18.3 Å². The van der Waals surface area contributed by atoms with E-state index in [0.29, 0.717) is 60.4 Å². The summed E-state index contributed by atoms with van der Waals surface area (Å²) in [7, 11) is 0. The van der Waals surface area contributed by atoms with Crippen molar-refractivity contribution in [3.63, 3.8) is 0 Å². The van der Waals surface area contributed by atoms with Crippen molar-refractivity contribution in [3.8, 4) is 0 Å². The molecule has 1 aromatic heterocycles. The molecule has 6 rings (SSSR count). The molecule has 1 fully saturated rings. The van der Waals surface area contributed by atoms with E-state index in [-0.39, 0.29) is 37.4 Å². The largest absolute Gasteiger partial charge is 0.406 e. The molecule has 13 heteroatoms. The highest BCUT2D eigenvalue weighted by atomic mass is 35.5. The molecular weight excluding hydrogens is 585 g/mol. The molecule has 3 aromatic rings. The molecular formula is C30H32ClF3N6O3. The zero-order chi connectivity index (χ0) is 30.3. The number of H-pyrrole nitrogens is 1. The van der Waals surface area contributed by atoms with Crippen LogP contribution in [-0.4, -0.2) is 81.1 Å². The number of carbonyl (C=O) groups excluding carboxylic acids is 3. The summed E-state index contributed by atoms with van der Waals surface area (Å²) in [5.41, 5.74) is 3.73. The fraction of sp³-hybridized carbons (Fsp3) is 0.467. The van der Waals surface area contributed by atoms with E-state index in [1.807, 2.05) is 29.2 Å². The maximum Gasteiger partial charge on any atom is 0.406 e. The number of amides is 4. The number of hydrogen-bond donors (Lipinski definition) is 2. The fourth-order valence-corrected chi connectivity index (χ4v) is 6.89. The Morgan fingerprint density at radius 3 is 2.58 bits per heavy atom. The van der Waals surface area contributed by atoms with Gasteiger partial charge >= 0.3 is 12.2 Å². The molecule has 0 saturated carbocycles. The van der Waals surface area contributed by atoms with Crippen LogP contribution in [0.25, 0.3) is 10.9 Å². The van der Waals surface area contributed by atoms with Crippen LogP contribution < -0.4 is 5.32 Å². The van der Waals surface area contributed by atoms with Crippen molar-refractivity contribution in [2.45, 2.75) is 57.3 Å². The van der Waals surface area contributed by atoms with Crippen molar-refractivity contribution in [1.29, 1.82) is 0 Å². The van der Waals surface area contributed by atoms with Crippen molar-refractivity contribution in [2.24, 2.45) is 5.92 Å². The Morgan fingerprint density at radius 1 is 1.05 bits per heavy atom. The van der Waals surface area contributed by atoms with Gasteiger partial charge in [-0.15, -0.1) is 0 Å². The minimum atomic E-state index is -4.60. The lowest BCUT2D eigenvalue weighted by Gasteiger charge is -2.38. The van der Waals surface area contributed by atoms with E-state index in [4.69, 9.17) is 11.6 Å². The number of aryl methyl sites for hydroxylation is 1. The lowest BCUT2D eigenvalue weighted by Crippen LogP contribution is -2.50. The molecule has 0 radical (unpaired) electrons. The van der Waals surface area contributed by atoms with Gasteiger partial charge in [-0.25, -0.2) is 4.79 Å². The molecule has 0 aliphatic carbocycles. The second-order valence-electron chi connectivity index (χ2n) is 11.5. The number of para-hydroxylation sites is 1. The maximum atomic E-state index is 13.6. The van der Waals surface area contributed by atoms with Gasteiger partial charge in [-0.05, 0) is 60.9 Å². The van der Waals surface area contributed by atoms with Crippen LogP contribution in [0, 0.1) is 5.92 Å². The molecule has 1 saturated heterocycles. The van der Waals surface area contributed by atoms with Gasteiger partial charge in [0.05, 0.1) is 16.7 Å². The van der Waals surface area contributed by atoms with Crippen LogP contribution in [0.15, 0.2) is 36.5 Å². The second kappa shape index (κ2) is 11.7. The number of aromatic amines is 1. The number of nitrogens with zero attached hydrogens (tertiary/aromatic N) is 4. The monoisotopic (exact) mass is 616 g/mol. The number of likely N-dealkylation sites (tertiary alicyclic amines) is 1. The number of benzene rings is 2. The summed E-state index contributed by atoms with van der Waals surface area (Å²) in [5, 5.41) is 10.7. The van der Waals surface area contributed by atoms with Gasteiger partial charge < -0.3 is 20.0 Å². The first kappa shape index (κ1) is 29.3. The number of hydrogen-bond acceptors (Lipinski definition) is 4. The van der Waals surface area contributed by atoms with Crippen molar-refractivity contribution in [1.82, 2.24) is 24.9 Å². The Balaban J connectivity index is 1.13. The van der Waals surface area contributed by atoms with Crippen LogP contribution >= 0.6 is 11.6 Å². The van der Waals surface area contributed by atoms with Crippen LogP contribution in [0.5, 0.6) is 0 Å². The van der Waals surface area contributed by atoms with Gasteiger partial charge in [-0.3, -0.25) is 14.7 Å². The molecule has 1 atom stereocenters. The van der Waals surface area contributed by atoms with E-state index in [2.05, 4.69) is 15.5 Å². The summed E-state index contributed by atoms with van der Waals surface area (Å²) in [6.07, 6.45) is -0.751. The summed E-state index contributed by atoms with van der Waals surface area (Å²) in [6, 6.07) is 9.22. The van der Waals surface area contributed by atoms with Gasteiger partial charge in [0.1, 0.15) is 6.54 Å². The van der Waals surface area contributed by atoms with Crippen molar-refractivity contribution >= 4 is 46.0 Å². The zero-order valence-electron chi connectivity index (χ0n) is 23.4. The van der Waals surface area contributed by atoms with Crippen LogP contribution in [-0.2, 0) is 29.0 Å². The van der Waals surface area contributed by atoms with Gasteiger partial charge in [0.2, 0.25) is 11.8 Å². The first-order valence-electron chi connectivity index (χ1n) is 14.5. The molecule has 2 N–H and O–H groups in total. The van der Waals surface area contributed by atoms with Gasteiger partial charge in [0.15, 0.2) is 0 Å². The van der Waals surface area contributed by atoms with E-state index in [1.165, 1.54) is 6.20 Å². The smallest absolute Gasteiger partial charge is 0.343 e. The van der Waals surface area contributed by atoms with Crippen LogP contribution in [0.3, 0.4) is 0 Å². The Hall–Kier alpha value is -3.80. The molecule has 4 heterocycles. The molecule has 43 heavy (non-hydrogen) atoms. The van der Waals surface area contributed by atoms with Crippen molar-refractivity contribution in [3.05, 3.63) is 58.2 Å². The third kappa shape index (κ3) is 6.15. The first-order chi connectivity index (χ1) is 20.6. The van der Waals surface area contributed by atoms with Gasteiger partial charge in [0.25, 0.3) is 0 Å². The Labute approximate surface area is 251 Å². The number of carbonyl (C=O) groups is 3. The fourth-order valence-electron chi connectivity index (χ4n) is 6.62. The first-order valence-corrected chi connectivity index (χ1v) is 14.9. The van der Waals surface area contributed by atoms with Gasteiger partial charge in [-0.1, -0.05) is 29.8 Å². The molecule has 3 aliphatic rings. The Kier molecular flexibility index (Phi) is 7.97. The SMILES string of the molecule is O=C(C[C@@H]1CCc2cc(Cl)c3[nH]ncc3c2CN(CC(F)(F)F)C1=O)N1CCC(N2CCc3ccccc3NC2=O)CC1. The summed E-state index contributed by atoms with van der Waals surface area (Å²) >= 11 is 6.41. The van der Waals surface area contributed by atoms with Gasteiger partial charge in [0, 0.05) is 55.6 Å². The normalized spacial score (nSPS) is 20.3. The van der Waals surface area contributed by atoms with E-state index in [0.717, 1.165) is 28.1 Å². The number of aromatic nitrogens is 2. The van der Waals surface area contributed by atoms with Crippen LogP contribution in [0.4, 0.5) is 23.7 Å². The molecule has 0 unspecified atom stereocenters. The van der Waals surface area contributed by atoms with E-state index in [9.17, 15) is 27.6 Å². The summed E-state index contributed by atoms with van der Waals surface area (Å²) in [6.45, 7) is -0.276. The molecule has 3 aliphatic heterocycles. The molecule has 9 nitrogen and oxygen atoms in total.